The zero-order chi connectivity index (χ0) is 23.4. The van der Waals surface area contributed by atoms with Crippen LogP contribution in [0.3, 0.4) is 0 Å². The lowest BCUT2D eigenvalue weighted by Crippen LogP contribution is -2.26. The molecule has 9 heteroatoms. The van der Waals surface area contributed by atoms with Crippen molar-refractivity contribution in [2.24, 2.45) is 0 Å². The quantitative estimate of drug-likeness (QED) is 0.368. The molecule has 0 fully saturated rings. The van der Waals surface area contributed by atoms with Crippen LogP contribution in [0.1, 0.15) is 41.6 Å². The van der Waals surface area contributed by atoms with Gasteiger partial charge in [-0.05, 0) is 36.2 Å². The molecule has 1 aromatic heterocycles. The molecule has 2 aromatic carbocycles. The fourth-order valence-electron chi connectivity index (χ4n) is 3.56. The third-order valence-electron chi connectivity index (χ3n) is 5.25. The normalized spacial score (nSPS) is 14.5. The van der Waals surface area contributed by atoms with Crippen molar-refractivity contribution in [2.45, 2.75) is 49.8 Å². The van der Waals surface area contributed by atoms with E-state index >= 15 is 0 Å². The van der Waals surface area contributed by atoms with Gasteiger partial charge in [0.1, 0.15) is 16.6 Å². The summed E-state index contributed by atoms with van der Waals surface area (Å²) in [5, 5.41) is 11.0. The van der Waals surface area contributed by atoms with E-state index in [1.807, 2.05) is 28.8 Å². The van der Waals surface area contributed by atoms with Gasteiger partial charge in [-0.15, -0.1) is 11.8 Å². The van der Waals surface area contributed by atoms with Crippen molar-refractivity contribution in [3.63, 3.8) is 0 Å². The molecule has 0 spiro atoms. The van der Waals surface area contributed by atoms with E-state index in [1.54, 1.807) is 25.3 Å². The lowest BCUT2D eigenvalue weighted by molar-refractivity contribution is 0.0312. The molecule has 3 aromatic rings. The topological polar surface area (TPSA) is 82.8 Å². The van der Waals surface area contributed by atoms with Gasteiger partial charge >= 0.3 is 5.97 Å². The zero-order valence-corrected chi connectivity index (χ0v) is 20.0. The molecule has 1 unspecified atom stereocenters. The van der Waals surface area contributed by atoms with Crippen LogP contribution in [0, 0.1) is 0 Å². The van der Waals surface area contributed by atoms with Crippen molar-refractivity contribution in [3.8, 4) is 17.2 Å². The van der Waals surface area contributed by atoms with Crippen LogP contribution in [0.15, 0.2) is 47.5 Å². The van der Waals surface area contributed by atoms with Crippen LogP contribution in [-0.4, -0.2) is 34.0 Å². The van der Waals surface area contributed by atoms with Crippen LogP contribution in [-0.2, 0) is 18.7 Å². The third kappa shape index (κ3) is 5.39. The van der Waals surface area contributed by atoms with Gasteiger partial charge in [-0.3, -0.25) is 0 Å². The number of nitrogens with zero attached hydrogens (tertiary/aromatic N) is 2. The largest absolute Gasteiger partial charge is 0.497 e. The van der Waals surface area contributed by atoms with Gasteiger partial charge in [-0.2, -0.15) is 0 Å². The summed E-state index contributed by atoms with van der Waals surface area (Å²) in [5.74, 6) is 2.22. The Balaban J connectivity index is 1.60. The molecular formula is C24H25ClN2O5S. The van der Waals surface area contributed by atoms with Gasteiger partial charge in [-0.1, -0.05) is 37.1 Å². The monoisotopic (exact) mass is 488 g/mol. The fourth-order valence-corrected chi connectivity index (χ4v) is 4.82. The number of carboxylic acid groups (broad SMARTS) is 1. The first-order valence-corrected chi connectivity index (χ1v) is 12.1. The first kappa shape index (κ1) is 23.3. The van der Waals surface area contributed by atoms with Crippen LogP contribution in [0.5, 0.6) is 17.2 Å². The lowest BCUT2D eigenvalue weighted by atomic mass is 10.2. The van der Waals surface area contributed by atoms with Crippen molar-refractivity contribution in [2.75, 3.05) is 7.11 Å². The SMILES string of the molecule is CCCCc1nc(C(=O)O)c(SCc2ccc(OC)cc2)n1CC1Oc2ccc(Cl)cc2O1. The van der Waals surface area contributed by atoms with Crippen molar-refractivity contribution >= 4 is 29.3 Å². The molecule has 0 saturated heterocycles. The van der Waals surface area contributed by atoms with E-state index in [-0.39, 0.29) is 5.69 Å². The summed E-state index contributed by atoms with van der Waals surface area (Å²) in [4.78, 5) is 16.5. The molecule has 1 atom stereocenters. The predicted molar refractivity (Wildman–Crippen MR) is 127 cm³/mol. The highest BCUT2D eigenvalue weighted by molar-refractivity contribution is 7.98. The van der Waals surface area contributed by atoms with Crippen molar-refractivity contribution in [1.29, 1.82) is 0 Å². The summed E-state index contributed by atoms with van der Waals surface area (Å²) < 4.78 is 19.0. The Hall–Kier alpha value is -2.84. The first-order chi connectivity index (χ1) is 16.0. The summed E-state index contributed by atoms with van der Waals surface area (Å²) in [7, 11) is 1.62. The van der Waals surface area contributed by atoms with Crippen LogP contribution in [0.4, 0.5) is 0 Å². The maximum Gasteiger partial charge on any atom is 0.357 e. The number of carbonyl (C=O) groups is 1. The Morgan fingerprint density at radius 2 is 1.97 bits per heavy atom. The average Bonchev–Trinajstić information content (AvgIpc) is 3.37. The van der Waals surface area contributed by atoms with Gasteiger partial charge in [0, 0.05) is 23.3 Å². The fraction of sp³-hybridized carbons (Fsp3) is 0.333. The van der Waals surface area contributed by atoms with E-state index in [9.17, 15) is 9.90 Å². The summed E-state index contributed by atoms with van der Waals surface area (Å²) >= 11 is 7.51. The number of thioether (sulfide) groups is 1. The molecule has 0 bridgehead atoms. The van der Waals surface area contributed by atoms with E-state index in [0.29, 0.717) is 46.1 Å². The molecular weight excluding hydrogens is 464 g/mol. The summed E-state index contributed by atoms with van der Waals surface area (Å²) in [6.45, 7) is 2.41. The van der Waals surface area contributed by atoms with Crippen molar-refractivity contribution < 1.29 is 24.1 Å². The Morgan fingerprint density at radius 1 is 1.21 bits per heavy atom. The van der Waals surface area contributed by atoms with Gasteiger partial charge in [0.15, 0.2) is 17.2 Å². The molecule has 0 amide bonds. The van der Waals surface area contributed by atoms with Crippen LogP contribution < -0.4 is 14.2 Å². The number of unbranched alkanes of at least 4 members (excludes halogenated alkanes) is 1. The molecule has 4 rings (SSSR count). The number of imidazole rings is 1. The third-order valence-corrected chi connectivity index (χ3v) is 6.65. The Labute approximate surface area is 201 Å². The number of aromatic carboxylic acids is 1. The van der Waals surface area contributed by atoms with Crippen molar-refractivity contribution in [1.82, 2.24) is 9.55 Å². The molecule has 1 aliphatic rings. The summed E-state index contributed by atoms with van der Waals surface area (Å²) in [6.07, 6.45) is 1.95. The number of aryl methyl sites for hydroxylation is 1. The summed E-state index contributed by atoms with van der Waals surface area (Å²) in [5.41, 5.74) is 1.11. The van der Waals surface area contributed by atoms with Crippen LogP contribution in [0.25, 0.3) is 0 Å². The number of benzene rings is 2. The molecule has 2 heterocycles. The lowest BCUT2D eigenvalue weighted by Gasteiger charge is -2.16. The zero-order valence-electron chi connectivity index (χ0n) is 18.4. The highest BCUT2D eigenvalue weighted by Crippen LogP contribution is 2.38. The molecule has 174 valence electrons. The summed E-state index contributed by atoms with van der Waals surface area (Å²) in [6, 6.07) is 12.9. The second-order valence-corrected chi connectivity index (χ2v) is 8.99. The molecule has 0 radical (unpaired) electrons. The maximum absolute atomic E-state index is 12.0. The first-order valence-electron chi connectivity index (χ1n) is 10.7. The molecule has 1 aliphatic heterocycles. The Kier molecular flexibility index (Phi) is 7.35. The second-order valence-electron chi connectivity index (χ2n) is 7.59. The minimum Gasteiger partial charge on any atom is -0.497 e. The molecule has 7 nitrogen and oxygen atoms in total. The van der Waals surface area contributed by atoms with E-state index < -0.39 is 12.3 Å². The van der Waals surface area contributed by atoms with E-state index in [1.165, 1.54) is 11.8 Å². The predicted octanol–water partition coefficient (Wildman–Crippen LogP) is 5.68. The van der Waals surface area contributed by atoms with E-state index in [2.05, 4.69) is 11.9 Å². The van der Waals surface area contributed by atoms with Crippen molar-refractivity contribution in [3.05, 3.63) is 64.6 Å². The number of aromatic nitrogens is 2. The number of carboxylic acids is 1. The Bertz CT molecular complexity index is 1130. The van der Waals surface area contributed by atoms with Crippen LogP contribution in [0.2, 0.25) is 5.02 Å². The molecule has 0 saturated carbocycles. The van der Waals surface area contributed by atoms with E-state index in [4.69, 9.17) is 25.8 Å². The number of ether oxygens (including phenoxy) is 3. The Morgan fingerprint density at radius 3 is 2.67 bits per heavy atom. The van der Waals surface area contributed by atoms with Gasteiger partial charge in [0.05, 0.1) is 13.7 Å². The van der Waals surface area contributed by atoms with Gasteiger partial charge in [0.25, 0.3) is 6.29 Å². The standard InChI is InChI=1S/C24H25ClN2O5S/c1-3-4-5-20-26-22(24(28)29)23(33-14-15-6-9-17(30-2)10-7-15)27(20)13-21-31-18-11-8-16(25)12-19(18)32-21/h6-12,21H,3-5,13-14H2,1-2H3,(H,28,29). The van der Waals surface area contributed by atoms with Crippen LogP contribution >= 0.6 is 23.4 Å². The number of hydrogen-bond donors (Lipinski definition) is 1. The van der Waals surface area contributed by atoms with E-state index in [0.717, 1.165) is 24.2 Å². The van der Waals surface area contributed by atoms with Gasteiger partial charge < -0.3 is 23.9 Å². The smallest absolute Gasteiger partial charge is 0.357 e. The van der Waals surface area contributed by atoms with Gasteiger partial charge in [0.2, 0.25) is 0 Å². The molecule has 1 N–H and O–H groups in total. The highest BCUT2D eigenvalue weighted by atomic mass is 35.5. The second kappa shape index (κ2) is 10.4. The number of rotatable bonds is 10. The number of halogens is 1. The highest BCUT2D eigenvalue weighted by Gasteiger charge is 2.29. The average molecular weight is 489 g/mol. The number of hydrogen-bond acceptors (Lipinski definition) is 6. The minimum atomic E-state index is -1.05. The number of fused-ring (bicyclic) bond motifs is 1. The molecule has 33 heavy (non-hydrogen) atoms. The number of methoxy groups -OCH3 is 1. The van der Waals surface area contributed by atoms with Gasteiger partial charge in [-0.25, -0.2) is 9.78 Å². The molecule has 0 aliphatic carbocycles. The minimum absolute atomic E-state index is 0.0539. The maximum atomic E-state index is 12.0.